The molecule has 18 rings (SSSR count). The Balaban J connectivity index is 0.000000137. The number of pyridine rings is 1. The second-order valence-corrected chi connectivity index (χ2v) is 33.4. The number of nitriles is 2. The first-order valence-electron chi connectivity index (χ1n) is 43.4. The molecule has 5 aromatic heterocycles. The first-order chi connectivity index (χ1) is 60.2. The van der Waals surface area contributed by atoms with E-state index in [1.54, 1.807) is 23.1 Å². The van der Waals surface area contributed by atoms with Crippen LogP contribution in [0.3, 0.4) is 0 Å². The molecule has 0 spiro atoms. The van der Waals surface area contributed by atoms with Crippen LogP contribution in [-0.2, 0) is 58.0 Å². The van der Waals surface area contributed by atoms with Gasteiger partial charge in [-0.2, -0.15) is 45.5 Å². The summed E-state index contributed by atoms with van der Waals surface area (Å²) in [6.45, 7) is 25.8. The van der Waals surface area contributed by atoms with Gasteiger partial charge in [-0.15, -0.1) is 5.10 Å². The number of methoxy groups -OCH3 is 1. The van der Waals surface area contributed by atoms with Crippen molar-refractivity contribution in [2.75, 3.05) is 182 Å². The van der Waals surface area contributed by atoms with Crippen LogP contribution in [0.15, 0.2) is 148 Å². The molecule has 0 aliphatic carbocycles. The highest BCUT2D eigenvalue weighted by Gasteiger charge is 2.39. The number of amides is 3. The lowest BCUT2D eigenvalue weighted by atomic mass is 10.0. The first-order valence-corrected chi connectivity index (χ1v) is 43.4. The fourth-order valence-electron chi connectivity index (χ4n) is 19.2. The van der Waals surface area contributed by atoms with Crippen LogP contribution in [0.2, 0.25) is 0 Å². The topological polar surface area (TPSA) is 291 Å². The molecule has 9 aliphatic heterocycles. The van der Waals surface area contributed by atoms with E-state index in [0.29, 0.717) is 141 Å². The Labute approximate surface area is 719 Å². The van der Waals surface area contributed by atoms with Gasteiger partial charge in [0.05, 0.1) is 92.6 Å². The Morgan fingerprint density at radius 1 is 0.423 bits per heavy atom. The van der Waals surface area contributed by atoms with Gasteiger partial charge in [0.1, 0.15) is 37.3 Å². The zero-order chi connectivity index (χ0) is 85.0. The van der Waals surface area contributed by atoms with E-state index in [1.165, 1.54) is 53.1 Å². The van der Waals surface area contributed by atoms with E-state index in [1.807, 2.05) is 41.6 Å². The summed E-state index contributed by atoms with van der Waals surface area (Å²) in [6.07, 6.45) is 19.3. The van der Waals surface area contributed by atoms with Crippen molar-refractivity contribution in [3.05, 3.63) is 181 Å². The predicted molar refractivity (Wildman–Crippen MR) is 475 cm³/mol. The van der Waals surface area contributed by atoms with Gasteiger partial charge in [-0.25, -0.2) is 0 Å². The summed E-state index contributed by atoms with van der Waals surface area (Å²) >= 11 is 0. The molecule has 0 bridgehead atoms. The number of nitrogens with zero attached hydrogens (tertiary/aromatic N) is 23. The number of rotatable bonds is 22. The van der Waals surface area contributed by atoms with Crippen molar-refractivity contribution >= 4 is 84.7 Å². The van der Waals surface area contributed by atoms with Crippen molar-refractivity contribution < 1.29 is 33.3 Å². The lowest BCUT2D eigenvalue weighted by Crippen LogP contribution is -2.57. The molecule has 6 fully saturated rings. The quantitative estimate of drug-likeness (QED) is 0.0571. The van der Waals surface area contributed by atoms with E-state index in [-0.39, 0.29) is 48.7 Å². The molecule has 123 heavy (non-hydrogen) atoms. The number of ether oxygens (including phenoxy) is 4. The molecule has 4 aromatic carbocycles. The zero-order valence-corrected chi connectivity index (χ0v) is 71.2. The average molecular weight is 1660 g/mol. The molecule has 6 atom stereocenters. The normalized spacial score (nSPS) is 21.1. The number of hydrogen-bond donors (Lipinski definition) is 0. The Bertz CT molecular complexity index is 5190. The van der Waals surface area contributed by atoms with Crippen LogP contribution in [0.25, 0.3) is 32.3 Å². The third-order valence-electron chi connectivity index (χ3n) is 26.0. The fraction of sp³-hybridized carbons (Fsp3) is 0.462. The number of likely N-dealkylation sites (tertiary alicyclic amines) is 3. The number of piperazine rings is 3. The van der Waals surface area contributed by atoms with Gasteiger partial charge in [0, 0.05) is 166 Å². The third kappa shape index (κ3) is 18.8. The first kappa shape index (κ1) is 84.4. The van der Waals surface area contributed by atoms with E-state index in [4.69, 9.17) is 48.9 Å². The predicted octanol–water partition coefficient (Wildman–Crippen LogP) is 9.26. The lowest BCUT2D eigenvalue weighted by Gasteiger charge is -2.42. The highest BCUT2D eigenvalue weighted by Crippen LogP contribution is 2.40. The van der Waals surface area contributed by atoms with E-state index in [9.17, 15) is 24.9 Å². The summed E-state index contributed by atoms with van der Waals surface area (Å²) in [5, 5.41) is 34.6. The van der Waals surface area contributed by atoms with Crippen LogP contribution in [0.5, 0.6) is 18.0 Å². The SMILES string of the molecule is C=CC(=O)N1CCN(c2nc(OC[C@@H]3CCCN3C)nc3c2CCN(c2cccc4ccccc24)C3)CC1COC.C=CC(=O)N1CCN(c2nc(OC[C@@H]3CCCN3C)nc3c2CCN(c2cccc4ccncc24)C3)C[C@@H]1CC#N.C=CC(=O)N1CCN(c2nc(OC[C@@H]3CCCN3C)nc3c2CCN(c2nncc4ccccc24)C3)C[C@@H]1CC#N. The monoisotopic (exact) mass is 1660 g/mol. The van der Waals surface area contributed by atoms with Crippen LogP contribution in [0.4, 0.5) is 34.6 Å². The summed E-state index contributed by atoms with van der Waals surface area (Å²) < 4.78 is 24.3. The second-order valence-electron chi connectivity index (χ2n) is 33.4. The molecule has 0 N–H and O–H groups in total. The van der Waals surface area contributed by atoms with Gasteiger partial charge in [0.15, 0.2) is 5.82 Å². The van der Waals surface area contributed by atoms with Crippen molar-refractivity contribution in [3.8, 4) is 30.2 Å². The van der Waals surface area contributed by atoms with Crippen LogP contribution >= 0.6 is 0 Å². The maximum atomic E-state index is 12.6. The molecule has 6 saturated heterocycles. The smallest absolute Gasteiger partial charge is 0.318 e. The molecular weight excluding hydrogens is 1550 g/mol. The van der Waals surface area contributed by atoms with Crippen LogP contribution in [0, 0.1) is 22.7 Å². The molecule has 0 saturated carbocycles. The number of anilines is 6. The molecule has 9 aromatic rings. The molecule has 30 heteroatoms. The average Bonchev–Trinajstić information content (AvgIpc) is 1.52. The molecule has 9 aliphatic rings. The van der Waals surface area contributed by atoms with Gasteiger partial charge in [-0.3, -0.25) is 19.4 Å². The third-order valence-corrected chi connectivity index (χ3v) is 26.0. The Morgan fingerprint density at radius 3 is 1.28 bits per heavy atom. The van der Waals surface area contributed by atoms with Crippen molar-refractivity contribution in [2.45, 2.75) is 127 Å². The number of hydrogen-bond acceptors (Lipinski definition) is 27. The van der Waals surface area contributed by atoms with Gasteiger partial charge >= 0.3 is 18.0 Å². The Morgan fingerprint density at radius 2 is 0.829 bits per heavy atom. The van der Waals surface area contributed by atoms with Crippen LogP contribution < -0.4 is 43.6 Å². The van der Waals surface area contributed by atoms with Crippen molar-refractivity contribution in [1.29, 1.82) is 10.5 Å². The minimum absolute atomic E-state index is 0.0631. The Kier molecular flexibility index (Phi) is 26.7. The molecule has 14 heterocycles. The van der Waals surface area contributed by atoms with Crippen molar-refractivity contribution in [3.63, 3.8) is 0 Å². The van der Waals surface area contributed by atoms with E-state index >= 15 is 0 Å². The van der Waals surface area contributed by atoms with Crippen molar-refractivity contribution in [2.24, 2.45) is 0 Å². The summed E-state index contributed by atoms with van der Waals surface area (Å²) in [5.41, 5.74) is 8.61. The minimum atomic E-state index is -0.243. The lowest BCUT2D eigenvalue weighted by molar-refractivity contribution is -0.130. The summed E-state index contributed by atoms with van der Waals surface area (Å²) in [6, 6.07) is 37.8. The van der Waals surface area contributed by atoms with E-state index < -0.39 is 0 Å². The maximum absolute atomic E-state index is 12.6. The van der Waals surface area contributed by atoms with E-state index in [2.05, 4.69) is 179 Å². The molecule has 3 amide bonds. The van der Waals surface area contributed by atoms with Gasteiger partial charge in [-0.05, 0) is 146 Å². The highest BCUT2D eigenvalue weighted by atomic mass is 16.5. The second kappa shape index (κ2) is 38.9. The summed E-state index contributed by atoms with van der Waals surface area (Å²) in [7, 11) is 8.09. The van der Waals surface area contributed by atoms with Gasteiger partial charge in [0.25, 0.3) is 0 Å². The highest BCUT2D eigenvalue weighted by molar-refractivity contribution is 5.96. The number of aromatic nitrogens is 9. The molecular formula is C93H111N23O7. The maximum Gasteiger partial charge on any atom is 0.318 e. The minimum Gasteiger partial charge on any atom is -0.462 e. The van der Waals surface area contributed by atoms with Gasteiger partial charge < -0.3 is 77.7 Å². The van der Waals surface area contributed by atoms with Crippen LogP contribution in [0.1, 0.15) is 85.1 Å². The van der Waals surface area contributed by atoms with Gasteiger partial charge in [0.2, 0.25) is 17.7 Å². The number of carbonyl (C=O) groups excluding carboxylic acids is 3. The number of likely N-dealkylation sites (N-methyl/N-ethyl adjacent to an activating group) is 3. The standard InChI is InChI=1S/C32H40N6O3.C31H36N8O2.C30H35N9O2/c1-4-30(39)38-18-17-37(19-25(38)21-40-3)31-27-14-16-36(29-13-7-10-23-9-5-6-12-26(23)29)20-28(27)33-32(34-31)41-22-24-11-8-15-35(24)2;1-3-29(40)39-17-16-38(19-23(39)9-12-32)30-25-11-15-37(28-8-4-6-22-10-13-33-18-26(22)28)20-27(25)34-31(35-30)41-21-24-7-5-14-36(24)2;1-3-27(40)39-16-15-38(18-22(39)10-12-31)28-25-11-14-37(29-24-9-5-4-7-21(24)17-32-35-29)19-26(25)33-30(34-28)41-20-23-8-6-13-36(23)2/h4-7,9-10,12-13,24-25H,1,8,11,14-22H2,2-3H3;3-4,6,8,10,13,18,23-24H,1,5,7,9,11,14-17,19-21H2,2H3;3-5,7,9,17,22-23H,1,6,8,10-11,13-16,18-20H2,2H3/t24-,25?;23-,24-;22-,23-/m000/s1. The number of carbonyl (C=O) groups is 3. The largest absolute Gasteiger partial charge is 0.462 e. The molecule has 30 nitrogen and oxygen atoms in total. The van der Waals surface area contributed by atoms with Crippen molar-refractivity contribution in [1.82, 2.24) is 74.5 Å². The number of fused-ring (bicyclic) bond motifs is 6. The fourth-order valence-corrected chi connectivity index (χ4v) is 19.2. The number of benzene rings is 4. The summed E-state index contributed by atoms with van der Waals surface area (Å²) in [5.74, 6) is 3.11. The molecule has 0 radical (unpaired) electrons. The molecule has 1 unspecified atom stereocenters. The van der Waals surface area contributed by atoms with Gasteiger partial charge in [-0.1, -0.05) is 92.5 Å². The molecule has 640 valence electrons. The van der Waals surface area contributed by atoms with Crippen LogP contribution in [-0.4, -0.2) is 281 Å². The van der Waals surface area contributed by atoms with E-state index in [0.717, 1.165) is 163 Å². The summed E-state index contributed by atoms with van der Waals surface area (Å²) in [4.78, 5) is 97.8. The Hall–Kier alpha value is -12.2. The zero-order valence-electron chi connectivity index (χ0n) is 71.2.